The zero-order valence-electron chi connectivity index (χ0n) is 6.90. The minimum atomic E-state index is -0.217. The van der Waals surface area contributed by atoms with E-state index in [4.69, 9.17) is 9.85 Å². The summed E-state index contributed by atoms with van der Waals surface area (Å²) in [5.41, 5.74) is 5.26. The van der Waals surface area contributed by atoms with Crippen LogP contribution in [0.4, 0.5) is 5.82 Å². The third-order valence-electron chi connectivity index (χ3n) is 0.580. The summed E-state index contributed by atoms with van der Waals surface area (Å²) in [6, 6.07) is -0.143. The summed E-state index contributed by atoms with van der Waals surface area (Å²) in [5.74, 6) is -0.0297. The predicted octanol–water partition coefficient (Wildman–Crippen LogP) is 1.43. The maximum Gasteiger partial charge on any atom is 0.124 e. The van der Waals surface area contributed by atoms with E-state index >= 15 is 0 Å². The normalized spacial score (nSPS) is 14.4. The van der Waals surface area contributed by atoms with Gasteiger partial charge in [-0.05, 0) is 12.1 Å². The van der Waals surface area contributed by atoms with Crippen LogP contribution in [0, 0.1) is 0 Å². The van der Waals surface area contributed by atoms with E-state index in [2.05, 4.69) is 20.9 Å². The third kappa shape index (κ3) is 1.20. The van der Waals surface area contributed by atoms with Gasteiger partial charge in [0.2, 0.25) is 0 Å². The second-order valence-corrected chi connectivity index (χ2v) is 1.97. The lowest BCUT2D eigenvalue weighted by Gasteiger charge is -1.88. The summed E-state index contributed by atoms with van der Waals surface area (Å²) in [6.45, 7) is 0. The SMILES string of the molecule is [2H]c1nc(N)c([2H])c(Br)c1[2H]. The van der Waals surface area contributed by atoms with E-state index in [1.807, 2.05) is 0 Å². The highest BCUT2D eigenvalue weighted by atomic mass is 79.9. The zero-order valence-corrected chi connectivity index (χ0v) is 5.49. The van der Waals surface area contributed by atoms with Gasteiger partial charge in [0.25, 0.3) is 0 Å². The Bertz CT molecular complexity index is 276. The molecule has 0 bridgehead atoms. The molecule has 1 aromatic heterocycles. The van der Waals surface area contributed by atoms with Crippen molar-refractivity contribution in [1.82, 2.24) is 4.98 Å². The largest absolute Gasteiger partial charge is 0.384 e. The topological polar surface area (TPSA) is 38.9 Å². The average molecular weight is 176 g/mol. The molecule has 8 heavy (non-hydrogen) atoms. The van der Waals surface area contributed by atoms with Gasteiger partial charge in [-0.1, -0.05) is 15.9 Å². The second kappa shape index (κ2) is 2.13. The molecule has 2 nitrogen and oxygen atoms in total. The van der Waals surface area contributed by atoms with Crippen molar-refractivity contribution in [3.05, 3.63) is 22.7 Å². The quantitative estimate of drug-likeness (QED) is 0.649. The third-order valence-corrected chi connectivity index (χ3v) is 0.976. The van der Waals surface area contributed by atoms with E-state index in [9.17, 15) is 0 Å². The molecule has 1 heterocycles. The Hall–Kier alpha value is -0.570. The summed E-state index contributed by atoms with van der Waals surface area (Å²) in [5, 5.41) is 0. The van der Waals surface area contributed by atoms with Gasteiger partial charge >= 0.3 is 0 Å². The molecule has 0 unspecified atom stereocenters. The van der Waals surface area contributed by atoms with E-state index in [0.29, 0.717) is 0 Å². The van der Waals surface area contributed by atoms with Crippen molar-refractivity contribution in [1.29, 1.82) is 0 Å². The van der Waals surface area contributed by atoms with Crippen molar-refractivity contribution in [2.75, 3.05) is 5.73 Å². The van der Waals surface area contributed by atoms with Crippen molar-refractivity contribution in [3.63, 3.8) is 0 Å². The van der Waals surface area contributed by atoms with Crippen molar-refractivity contribution in [2.24, 2.45) is 0 Å². The molecule has 0 aromatic carbocycles. The fraction of sp³-hybridized carbons (Fsp3) is 0. The van der Waals surface area contributed by atoms with E-state index in [0.717, 1.165) is 0 Å². The van der Waals surface area contributed by atoms with Crippen LogP contribution in [0.25, 0.3) is 0 Å². The smallest absolute Gasteiger partial charge is 0.124 e. The Morgan fingerprint density at radius 2 is 2.62 bits per heavy atom. The molecule has 3 heteroatoms. The van der Waals surface area contributed by atoms with Crippen LogP contribution in [0.3, 0.4) is 0 Å². The summed E-state index contributed by atoms with van der Waals surface area (Å²) < 4.78 is 21.8. The number of nitrogens with two attached hydrogens (primary N) is 1. The van der Waals surface area contributed by atoms with Crippen LogP contribution in [0.15, 0.2) is 22.7 Å². The number of pyridine rings is 1. The Balaban J connectivity index is 3.46. The molecule has 0 saturated carbocycles. The molecular formula is C5H5BrN2. The van der Waals surface area contributed by atoms with Crippen LogP contribution < -0.4 is 5.73 Å². The molecular weight excluding hydrogens is 168 g/mol. The molecule has 1 rings (SSSR count). The van der Waals surface area contributed by atoms with Crippen molar-refractivity contribution < 1.29 is 4.11 Å². The molecule has 42 valence electrons. The molecule has 0 spiro atoms. The summed E-state index contributed by atoms with van der Waals surface area (Å²) in [7, 11) is 0. The number of hydrogen-bond acceptors (Lipinski definition) is 2. The first-order valence-corrected chi connectivity index (χ1v) is 2.72. The second-order valence-electron chi connectivity index (χ2n) is 1.17. The fourth-order valence-corrected chi connectivity index (χ4v) is 0.601. The molecule has 0 saturated heterocycles. The first-order chi connectivity index (χ1) is 5.04. The van der Waals surface area contributed by atoms with E-state index in [1.165, 1.54) is 0 Å². The standard InChI is InChI=1S/C5H5BrN2/c6-4-1-2-8-5(7)3-4/h1-3H,(H2,7,8)/i1D,2D,3D. The van der Waals surface area contributed by atoms with Crippen LogP contribution in [-0.4, -0.2) is 4.98 Å². The van der Waals surface area contributed by atoms with Crippen molar-refractivity contribution in [2.45, 2.75) is 0 Å². The molecule has 0 aliphatic heterocycles. The lowest BCUT2D eigenvalue weighted by molar-refractivity contribution is 1.33. The van der Waals surface area contributed by atoms with Gasteiger partial charge in [-0.15, -0.1) is 0 Å². The predicted molar refractivity (Wildman–Crippen MR) is 36.3 cm³/mol. The van der Waals surface area contributed by atoms with Crippen molar-refractivity contribution >= 4 is 21.7 Å². The van der Waals surface area contributed by atoms with E-state index < -0.39 is 0 Å². The van der Waals surface area contributed by atoms with E-state index in [1.54, 1.807) is 0 Å². The zero-order chi connectivity index (χ0) is 8.59. The highest BCUT2D eigenvalue weighted by molar-refractivity contribution is 9.10. The van der Waals surface area contributed by atoms with Crippen LogP contribution in [0.1, 0.15) is 4.11 Å². The Labute approximate surface area is 60.1 Å². The van der Waals surface area contributed by atoms with Crippen LogP contribution in [-0.2, 0) is 0 Å². The van der Waals surface area contributed by atoms with E-state index in [-0.39, 0.29) is 28.5 Å². The molecule has 0 aliphatic carbocycles. The van der Waals surface area contributed by atoms with Crippen LogP contribution >= 0.6 is 15.9 Å². The maximum atomic E-state index is 7.24. The summed E-state index contributed by atoms with van der Waals surface area (Å²) >= 11 is 2.97. The van der Waals surface area contributed by atoms with Gasteiger partial charge in [0, 0.05) is 10.6 Å². The van der Waals surface area contributed by atoms with Crippen LogP contribution in [0.5, 0.6) is 0 Å². The molecule has 0 amide bonds. The molecule has 1 aromatic rings. The number of halogens is 1. The monoisotopic (exact) mass is 175 g/mol. The van der Waals surface area contributed by atoms with Gasteiger partial charge in [-0.2, -0.15) is 0 Å². The lowest BCUT2D eigenvalue weighted by atomic mass is 10.5. The fourth-order valence-electron chi connectivity index (χ4n) is 0.309. The number of rotatable bonds is 0. The number of aromatic nitrogens is 1. The van der Waals surface area contributed by atoms with Crippen molar-refractivity contribution in [3.8, 4) is 0 Å². The van der Waals surface area contributed by atoms with Gasteiger partial charge in [0.1, 0.15) is 5.82 Å². The number of nitrogen functional groups attached to an aromatic ring is 1. The van der Waals surface area contributed by atoms with Gasteiger partial charge in [0.15, 0.2) is 0 Å². The molecule has 0 radical (unpaired) electrons. The molecule has 2 N–H and O–H groups in total. The summed E-state index contributed by atoms with van der Waals surface area (Å²) in [6.07, 6.45) is -0.217. The molecule has 0 fully saturated rings. The minimum Gasteiger partial charge on any atom is -0.384 e. The van der Waals surface area contributed by atoms with Gasteiger partial charge < -0.3 is 5.73 Å². The Morgan fingerprint density at radius 3 is 3.38 bits per heavy atom. The Kier molecular flexibility index (Phi) is 0.753. The molecule has 0 aliphatic rings. The lowest BCUT2D eigenvalue weighted by Crippen LogP contribution is -1.86. The van der Waals surface area contributed by atoms with Gasteiger partial charge in [-0.25, -0.2) is 4.98 Å². The first kappa shape index (κ1) is 2.82. The number of nitrogens with zero attached hydrogens (tertiary/aromatic N) is 1. The summed E-state index contributed by atoms with van der Waals surface area (Å²) in [4.78, 5) is 3.47. The van der Waals surface area contributed by atoms with Gasteiger partial charge in [-0.3, -0.25) is 0 Å². The highest BCUT2D eigenvalue weighted by Gasteiger charge is 1.84. The highest BCUT2D eigenvalue weighted by Crippen LogP contribution is 2.09. The minimum absolute atomic E-state index is 0.0297. The average Bonchev–Trinajstić information content (AvgIpc) is 1.97. The maximum absolute atomic E-state index is 7.24. The first-order valence-electron chi connectivity index (χ1n) is 3.42. The Morgan fingerprint density at radius 1 is 1.88 bits per heavy atom. The van der Waals surface area contributed by atoms with Crippen LogP contribution in [0.2, 0.25) is 0 Å². The van der Waals surface area contributed by atoms with Gasteiger partial charge in [0.05, 0.1) is 4.11 Å². The molecule has 0 atom stereocenters. The number of anilines is 1. The number of hydrogen-bond donors (Lipinski definition) is 1.